The fourth-order valence-electron chi connectivity index (χ4n) is 2.57. The van der Waals surface area contributed by atoms with Crippen LogP contribution in [0, 0.1) is 24.2 Å². The zero-order chi connectivity index (χ0) is 16.1. The molecular weight excluding hydrogens is 286 g/mol. The number of rotatable bonds is 2. The van der Waals surface area contributed by atoms with Crippen molar-refractivity contribution in [1.29, 1.82) is 0 Å². The number of cyclic esters (lactones) is 1. The number of hydrogen-bond donors (Lipinski definition) is 1. The van der Waals surface area contributed by atoms with Gasteiger partial charge in [0.05, 0.1) is 0 Å². The largest absolute Gasteiger partial charge is 0.447 e. The molecule has 1 aliphatic heterocycles. The van der Waals surface area contributed by atoms with E-state index >= 15 is 0 Å². The van der Waals surface area contributed by atoms with Crippen LogP contribution in [0.25, 0.3) is 0 Å². The van der Waals surface area contributed by atoms with Gasteiger partial charge in [-0.15, -0.1) is 6.42 Å². The second-order valence-electron chi connectivity index (χ2n) is 5.32. The molecule has 1 saturated heterocycles. The van der Waals surface area contributed by atoms with Crippen molar-refractivity contribution in [1.82, 2.24) is 5.32 Å². The highest BCUT2D eigenvalue weighted by Crippen LogP contribution is 2.29. The summed E-state index contributed by atoms with van der Waals surface area (Å²) in [5, 5.41) is 2.89. The van der Waals surface area contributed by atoms with Crippen LogP contribution in [-0.2, 0) is 10.3 Å². The minimum Gasteiger partial charge on any atom is -0.447 e. The molecule has 0 spiro atoms. The lowest BCUT2D eigenvalue weighted by Gasteiger charge is -2.24. The second kappa shape index (κ2) is 6.30. The van der Waals surface area contributed by atoms with Gasteiger partial charge in [-0.3, -0.25) is 0 Å². The number of carbonyl (C=O) groups is 1. The molecule has 3 heteroatoms. The third kappa shape index (κ3) is 3.05. The van der Waals surface area contributed by atoms with Crippen molar-refractivity contribution in [3.8, 4) is 24.2 Å². The van der Waals surface area contributed by atoms with E-state index in [0.717, 1.165) is 16.7 Å². The first-order valence-corrected chi connectivity index (χ1v) is 7.28. The fraction of sp³-hybridized carbons (Fsp3) is 0.150. The number of terminal acetylenes is 1. The van der Waals surface area contributed by atoms with Crippen LogP contribution < -0.4 is 5.32 Å². The van der Waals surface area contributed by atoms with Gasteiger partial charge in [-0.05, 0) is 17.7 Å². The molecule has 1 atom stereocenters. The van der Waals surface area contributed by atoms with E-state index in [1.807, 2.05) is 54.6 Å². The van der Waals surface area contributed by atoms with Gasteiger partial charge in [0.25, 0.3) is 0 Å². The minimum atomic E-state index is -0.615. The summed E-state index contributed by atoms with van der Waals surface area (Å²) < 4.78 is 5.12. The summed E-state index contributed by atoms with van der Waals surface area (Å²) in [7, 11) is 0. The predicted octanol–water partition coefficient (Wildman–Crippen LogP) is 3.04. The highest BCUT2D eigenvalue weighted by atomic mass is 16.6. The summed E-state index contributed by atoms with van der Waals surface area (Å²) in [6.45, 7) is 0.265. The van der Waals surface area contributed by atoms with Crippen molar-refractivity contribution >= 4 is 6.09 Å². The Morgan fingerprint density at radius 2 is 1.78 bits per heavy atom. The highest BCUT2D eigenvalue weighted by molar-refractivity contribution is 5.71. The maximum absolute atomic E-state index is 11.6. The number of hydrogen-bond acceptors (Lipinski definition) is 2. The molecule has 1 amide bonds. The average molecular weight is 301 g/mol. The number of benzene rings is 2. The molecule has 2 aromatic rings. The summed E-state index contributed by atoms with van der Waals surface area (Å²) in [6.07, 6.45) is 5.51. The first-order valence-electron chi connectivity index (χ1n) is 7.28. The Hall–Kier alpha value is -3.17. The predicted molar refractivity (Wildman–Crippen MR) is 88.5 cm³/mol. The first kappa shape index (κ1) is 14.8. The molecule has 1 aliphatic rings. The van der Waals surface area contributed by atoms with Crippen LogP contribution in [0.2, 0.25) is 0 Å². The van der Waals surface area contributed by atoms with Crippen LogP contribution in [0.4, 0.5) is 4.79 Å². The summed E-state index contributed by atoms with van der Waals surface area (Å²) in [5.74, 6) is 8.86. The molecule has 0 bridgehead atoms. The van der Waals surface area contributed by atoms with Gasteiger partial charge in [0.1, 0.15) is 12.1 Å². The molecular formula is C20H15NO2. The molecule has 23 heavy (non-hydrogen) atoms. The molecule has 112 valence electrons. The van der Waals surface area contributed by atoms with Gasteiger partial charge in [0, 0.05) is 17.5 Å². The Morgan fingerprint density at radius 3 is 2.43 bits per heavy atom. The van der Waals surface area contributed by atoms with Crippen LogP contribution in [0.3, 0.4) is 0 Å². The molecule has 1 N–H and O–H groups in total. The maximum Gasteiger partial charge on any atom is 0.408 e. The third-order valence-electron chi connectivity index (χ3n) is 3.81. The number of ether oxygens (including phenoxy) is 1. The van der Waals surface area contributed by atoms with Crippen LogP contribution in [0.5, 0.6) is 0 Å². The normalized spacial score (nSPS) is 19.0. The molecule has 0 saturated carbocycles. The molecule has 3 nitrogen and oxygen atoms in total. The Kier molecular flexibility index (Phi) is 4.04. The van der Waals surface area contributed by atoms with Gasteiger partial charge in [0.2, 0.25) is 0 Å². The Morgan fingerprint density at radius 1 is 1.09 bits per heavy atom. The number of nitrogens with one attached hydrogen (secondary N) is 1. The lowest BCUT2D eigenvalue weighted by molar-refractivity contribution is 0.172. The molecule has 0 aromatic heterocycles. The van der Waals surface area contributed by atoms with E-state index in [1.165, 1.54) is 0 Å². The monoisotopic (exact) mass is 301 g/mol. The molecule has 3 rings (SSSR count). The summed E-state index contributed by atoms with van der Waals surface area (Å²) in [6, 6.07) is 17.3. The summed E-state index contributed by atoms with van der Waals surface area (Å²) in [5.41, 5.74) is 1.94. The summed E-state index contributed by atoms with van der Waals surface area (Å²) in [4.78, 5) is 11.6. The number of alkyl carbamates (subject to hydrolysis) is 1. The highest BCUT2D eigenvalue weighted by Gasteiger charge is 2.40. The SMILES string of the molecule is C#Cc1ccccc1C#CC[C@@]1(c2ccccc2)COC(=O)N1. The fourth-order valence-corrected chi connectivity index (χ4v) is 2.57. The molecule has 0 aliphatic carbocycles. The molecule has 1 fully saturated rings. The van der Waals surface area contributed by atoms with Crippen molar-refractivity contribution in [2.75, 3.05) is 6.61 Å². The van der Waals surface area contributed by atoms with Crippen molar-refractivity contribution in [3.63, 3.8) is 0 Å². The van der Waals surface area contributed by atoms with Crippen LogP contribution >= 0.6 is 0 Å². The van der Waals surface area contributed by atoms with E-state index in [0.29, 0.717) is 6.42 Å². The van der Waals surface area contributed by atoms with Crippen molar-refractivity contribution in [3.05, 3.63) is 71.3 Å². The Balaban J connectivity index is 1.89. The van der Waals surface area contributed by atoms with E-state index in [2.05, 4.69) is 23.1 Å². The zero-order valence-electron chi connectivity index (χ0n) is 12.5. The van der Waals surface area contributed by atoms with Crippen molar-refractivity contribution < 1.29 is 9.53 Å². The number of amides is 1. The quantitative estimate of drug-likeness (QED) is 0.866. The zero-order valence-corrected chi connectivity index (χ0v) is 12.5. The van der Waals surface area contributed by atoms with Crippen LogP contribution in [0.15, 0.2) is 54.6 Å². The number of carbonyl (C=O) groups excluding carboxylic acids is 1. The molecule has 2 aromatic carbocycles. The van der Waals surface area contributed by atoms with E-state index < -0.39 is 11.6 Å². The van der Waals surface area contributed by atoms with Gasteiger partial charge in [-0.25, -0.2) is 4.79 Å². The average Bonchev–Trinajstić information content (AvgIpc) is 2.98. The first-order chi connectivity index (χ1) is 11.2. The molecule has 0 unspecified atom stereocenters. The smallest absolute Gasteiger partial charge is 0.408 e. The summed E-state index contributed by atoms with van der Waals surface area (Å²) >= 11 is 0. The van der Waals surface area contributed by atoms with Crippen molar-refractivity contribution in [2.24, 2.45) is 0 Å². The Labute approximate surface area is 135 Å². The van der Waals surface area contributed by atoms with Crippen LogP contribution in [0.1, 0.15) is 23.1 Å². The second-order valence-corrected chi connectivity index (χ2v) is 5.32. The minimum absolute atomic E-state index is 0.265. The third-order valence-corrected chi connectivity index (χ3v) is 3.81. The van der Waals surface area contributed by atoms with Gasteiger partial charge >= 0.3 is 6.09 Å². The van der Waals surface area contributed by atoms with E-state index in [9.17, 15) is 4.79 Å². The topological polar surface area (TPSA) is 38.3 Å². The van der Waals surface area contributed by atoms with Gasteiger partial charge in [-0.1, -0.05) is 60.2 Å². The Bertz CT molecular complexity index is 824. The van der Waals surface area contributed by atoms with E-state index in [1.54, 1.807) is 0 Å². The molecule has 1 heterocycles. The van der Waals surface area contributed by atoms with Gasteiger partial charge in [0.15, 0.2) is 0 Å². The maximum atomic E-state index is 11.6. The van der Waals surface area contributed by atoms with Gasteiger partial charge in [-0.2, -0.15) is 0 Å². The lowest BCUT2D eigenvalue weighted by atomic mass is 9.88. The van der Waals surface area contributed by atoms with E-state index in [4.69, 9.17) is 11.2 Å². The van der Waals surface area contributed by atoms with E-state index in [-0.39, 0.29) is 6.61 Å². The van der Waals surface area contributed by atoms with Crippen molar-refractivity contribution in [2.45, 2.75) is 12.0 Å². The van der Waals surface area contributed by atoms with Gasteiger partial charge < -0.3 is 10.1 Å². The lowest BCUT2D eigenvalue weighted by Crippen LogP contribution is -2.40. The van der Waals surface area contributed by atoms with Crippen LogP contribution in [-0.4, -0.2) is 12.7 Å². The standard InChI is InChI=1S/C20H15NO2/c1-2-16-9-6-7-10-17(16)11-8-14-20(15-23-19(22)21-20)18-12-4-3-5-13-18/h1,3-7,9-10,12-13H,14-15H2,(H,21,22)/t20-/m0/s1. The molecule has 0 radical (unpaired) electrons.